The van der Waals surface area contributed by atoms with Gasteiger partial charge in [-0.05, 0) is 47.5 Å². The number of hydrogen-bond donors (Lipinski definition) is 1. The van der Waals surface area contributed by atoms with Gasteiger partial charge in [0.2, 0.25) is 0 Å². The molecular weight excluding hydrogens is 422 g/mol. The number of benzene rings is 3. The third kappa shape index (κ3) is 7.28. The number of amides is 1. The van der Waals surface area contributed by atoms with Crippen LogP contribution in [0.25, 0.3) is 0 Å². The van der Waals surface area contributed by atoms with E-state index in [1.54, 1.807) is 26.4 Å². The second-order valence-electron chi connectivity index (χ2n) is 7.12. The molecule has 0 aliphatic carbocycles. The molecule has 0 aliphatic heterocycles. The first kappa shape index (κ1) is 23.7. The van der Waals surface area contributed by atoms with Crippen molar-refractivity contribution in [1.82, 2.24) is 5.32 Å². The van der Waals surface area contributed by atoms with Gasteiger partial charge in [0.15, 0.2) is 6.61 Å². The first-order valence-corrected chi connectivity index (χ1v) is 10.5. The van der Waals surface area contributed by atoms with Gasteiger partial charge in [0.05, 0.1) is 33.3 Å². The molecule has 3 aromatic rings. The molecule has 1 N–H and O–H groups in total. The molecule has 1 amide bonds. The molecule has 7 heteroatoms. The number of para-hydroxylation sites is 1. The molecule has 0 radical (unpaired) electrons. The molecule has 0 saturated heterocycles. The zero-order valence-electron chi connectivity index (χ0n) is 18.7. The molecule has 0 aromatic heterocycles. The van der Waals surface area contributed by atoms with Crippen molar-refractivity contribution in [3.63, 3.8) is 0 Å². The first-order valence-electron chi connectivity index (χ1n) is 10.5. The summed E-state index contributed by atoms with van der Waals surface area (Å²) in [6.45, 7) is -0.211. The Morgan fingerprint density at radius 3 is 1.82 bits per heavy atom. The molecule has 0 aliphatic rings. The maximum atomic E-state index is 12.6. The van der Waals surface area contributed by atoms with Crippen molar-refractivity contribution in [2.24, 2.45) is 0 Å². The van der Waals surface area contributed by atoms with E-state index in [0.29, 0.717) is 17.2 Å². The summed E-state index contributed by atoms with van der Waals surface area (Å²) in [7, 11) is 3.19. The first-order chi connectivity index (χ1) is 16.1. The van der Waals surface area contributed by atoms with Gasteiger partial charge in [0, 0.05) is 0 Å². The van der Waals surface area contributed by atoms with E-state index in [-0.39, 0.29) is 19.6 Å². The zero-order chi connectivity index (χ0) is 23.5. The fourth-order valence-corrected chi connectivity index (χ4v) is 3.14. The maximum absolute atomic E-state index is 12.6. The topological polar surface area (TPSA) is 83.1 Å². The molecule has 3 aromatic carbocycles. The molecule has 0 atom stereocenters. The second kappa shape index (κ2) is 12.1. The third-order valence-corrected chi connectivity index (χ3v) is 4.89. The van der Waals surface area contributed by atoms with Crippen molar-refractivity contribution in [2.45, 2.75) is 12.5 Å². The lowest BCUT2D eigenvalue weighted by molar-refractivity contribution is -0.149. The normalized spacial score (nSPS) is 10.4. The lowest BCUT2D eigenvalue weighted by atomic mass is 9.98. The third-order valence-electron chi connectivity index (χ3n) is 4.89. The largest absolute Gasteiger partial charge is 0.497 e. The number of hydrogen-bond acceptors (Lipinski definition) is 6. The summed E-state index contributed by atoms with van der Waals surface area (Å²) < 4.78 is 21.0. The molecule has 3 rings (SSSR count). The van der Waals surface area contributed by atoms with Crippen LogP contribution >= 0.6 is 0 Å². The van der Waals surface area contributed by atoms with Crippen molar-refractivity contribution in [3.05, 3.63) is 90.0 Å². The number of esters is 1. The Morgan fingerprint density at radius 1 is 0.758 bits per heavy atom. The highest BCUT2D eigenvalue weighted by molar-refractivity contribution is 5.81. The standard InChI is InChI=1S/C26H27NO6/c1-30-21-12-8-19(9-13-21)26(20-10-14-22(31-2)15-11-20)27-24(28)18-33-25(29)16-17-32-23-6-4-3-5-7-23/h3-15,26H,16-18H2,1-2H3,(H,27,28). The smallest absolute Gasteiger partial charge is 0.309 e. The van der Waals surface area contributed by atoms with Crippen LogP contribution in [0.1, 0.15) is 23.6 Å². The maximum Gasteiger partial charge on any atom is 0.309 e. The Balaban J connectivity index is 1.57. The molecule has 33 heavy (non-hydrogen) atoms. The summed E-state index contributed by atoms with van der Waals surface area (Å²) in [5, 5.41) is 2.93. The fraction of sp³-hybridized carbons (Fsp3) is 0.231. The molecule has 0 spiro atoms. The number of carbonyl (C=O) groups excluding carboxylic acids is 2. The monoisotopic (exact) mass is 449 g/mol. The predicted octanol–water partition coefficient (Wildman–Crippen LogP) is 3.92. The van der Waals surface area contributed by atoms with Crippen LogP contribution in [0, 0.1) is 0 Å². The summed E-state index contributed by atoms with van der Waals surface area (Å²) in [5.74, 6) is 1.18. The highest BCUT2D eigenvalue weighted by Crippen LogP contribution is 2.26. The van der Waals surface area contributed by atoms with Crippen LogP contribution in [0.4, 0.5) is 0 Å². The second-order valence-corrected chi connectivity index (χ2v) is 7.12. The van der Waals surface area contributed by atoms with Crippen molar-refractivity contribution >= 4 is 11.9 Å². The minimum atomic E-state index is -0.508. The van der Waals surface area contributed by atoms with Gasteiger partial charge >= 0.3 is 5.97 Å². The molecule has 0 unspecified atom stereocenters. The van der Waals surface area contributed by atoms with Crippen LogP contribution in [0.15, 0.2) is 78.9 Å². The number of rotatable bonds is 11. The van der Waals surface area contributed by atoms with Crippen LogP contribution in [0.2, 0.25) is 0 Å². The van der Waals surface area contributed by atoms with Gasteiger partial charge in [-0.25, -0.2) is 0 Å². The van der Waals surface area contributed by atoms with E-state index in [1.807, 2.05) is 66.7 Å². The average Bonchev–Trinajstić information content (AvgIpc) is 2.87. The van der Waals surface area contributed by atoms with E-state index in [2.05, 4.69) is 5.32 Å². The average molecular weight is 450 g/mol. The Labute approximate surface area is 193 Å². The van der Waals surface area contributed by atoms with E-state index < -0.39 is 17.9 Å². The minimum Gasteiger partial charge on any atom is -0.497 e. The van der Waals surface area contributed by atoms with Crippen molar-refractivity contribution < 1.29 is 28.5 Å². The van der Waals surface area contributed by atoms with Crippen LogP contribution < -0.4 is 19.5 Å². The quantitative estimate of drug-likeness (QED) is 0.447. The van der Waals surface area contributed by atoms with Crippen LogP contribution in [0.3, 0.4) is 0 Å². The van der Waals surface area contributed by atoms with Crippen molar-refractivity contribution in [3.8, 4) is 17.2 Å². The number of nitrogens with one attached hydrogen (secondary N) is 1. The van der Waals surface area contributed by atoms with Gasteiger partial charge in [-0.3, -0.25) is 9.59 Å². The number of ether oxygens (including phenoxy) is 4. The Kier molecular flexibility index (Phi) is 8.71. The van der Waals surface area contributed by atoms with E-state index in [1.165, 1.54) is 0 Å². The van der Waals surface area contributed by atoms with Crippen LogP contribution in [-0.2, 0) is 14.3 Å². The molecule has 0 fully saturated rings. The summed E-state index contributed by atoms with van der Waals surface area (Å²) in [6, 6.07) is 23.5. The lowest BCUT2D eigenvalue weighted by Gasteiger charge is -2.20. The molecule has 0 heterocycles. The summed E-state index contributed by atoms with van der Waals surface area (Å²) in [6.07, 6.45) is 0.0442. The van der Waals surface area contributed by atoms with Gasteiger partial charge in [-0.1, -0.05) is 42.5 Å². The van der Waals surface area contributed by atoms with Gasteiger partial charge in [-0.2, -0.15) is 0 Å². The minimum absolute atomic E-state index is 0.0442. The highest BCUT2D eigenvalue weighted by atomic mass is 16.5. The van der Waals surface area contributed by atoms with Crippen molar-refractivity contribution in [2.75, 3.05) is 27.4 Å². The van der Waals surface area contributed by atoms with Gasteiger partial charge in [0.25, 0.3) is 5.91 Å². The Morgan fingerprint density at radius 2 is 1.30 bits per heavy atom. The zero-order valence-corrected chi connectivity index (χ0v) is 18.7. The highest BCUT2D eigenvalue weighted by Gasteiger charge is 2.18. The van der Waals surface area contributed by atoms with Crippen molar-refractivity contribution in [1.29, 1.82) is 0 Å². The predicted molar refractivity (Wildman–Crippen MR) is 123 cm³/mol. The Bertz CT molecular complexity index is 971. The van der Waals surface area contributed by atoms with Crippen LogP contribution in [0.5, 0.6) is 17.2 Å². The molecule has 172 valence electrons. The molecular formula is C26H27NO6. The lowest BCUT2D eigenvalue weighted by Crippen LogP contribution is -2.33. The van der Waals surface area contributed by atoms with E-state index in [9.17, 15) is 9.59 Å². The van der Waals surface area contributed by atoms with Crippen LogP contribution in [-0.4, -0.2) is 39.3 Å². The van der Waals surface area contributed by atoms with E-state index in [0.717, 1.165) is 11.1 Å². The molecule has 7 nitrogen and oxygen atoms in total. The summed E-state index contributed by atoms with van der Waals surface area (Å²) in [4.78, 5) is 24.6. The van der Waals surface area contributed by atoms with Gasteiger partial charge < -0.3 is 24.3 Å². The Hall–Kier alpha value is -4.00. The summed E-state index contributed by atoms with van der Waals surface area (Å²) in [5.41, 5.74) is 1.72. The summed E-state index contributed by atoms with van der Waals surface area (Å²) >= 11 is 0. The SMILES string of the molecule is COc1ccc(C(NC(=O)COC(=O)CCOc2ccccc2)c2ccc(OC)cc2)cc1. The van der Waals surface area contributed by atoms with E-state index in [4.69, 9.17) is 18.9 Å². The number of carbonyl (C=O) groups is 2. The number of methoxy groups -OCH3 is 2. The van der Waals surface area contributed by atoms with E-state index >= 15 is 0 Å². The fourth-order valence-electron chi connectivity index (χ4n) is 3.14. The molecule has 0 bridgehead atoms. The van der Waals surface area contributed by atoms with Gasteiger partial charge in [0.1, 0.15) is 17.2 Å². The molecule has 0 saturated carbocycles. The van der Waals surface area contributed by atoms with Gasteiger partial charge in [-0.15, -0.1) is 0 Å².